The Morgan fingerprint density at radius 1 is 0.963 bits per heavy atom. The Bertz CT molecular complexity index is 951. The van der Waals surface area contributed by atoms with Gasteiger partial charge in [-0.15, -0.1) is 0 Å². The minimum Gasteiger partial charge on any atom is -0.345 e. The summed E-state index contributed by atoms with van der Waals surface area (Å²) < 4.78 is 0. The molecule has 0 bridgehead atoms. The van der Waals surface area contributed by atoms with E-state index in [0.717, 1.165) is 23.0 Å². The SMILES string of the molecule is O=C(Cc1ccc2nc[nH]c2c1)N1CCCN(C(=O)c2ccccc2)CC1. The van der Waals surface area contributed by atoms with E-state index in [1.807, 2.05) is 58.3 Å². The first kappa shape index (κ1) is 17.3. The molecule has 1 fully saturated rings. The summed E-state index contributed by atoms with van der Waals surface area (Å²) in [6, 6.07) is 15.2. The van der Waals surface area contributed by atoms with Gasteiger partial charge in [0, 0.05) is 31.7 Å². The molecule has 6 nitrogen and oxygen atoms in total. The summed E-state index contributed by atoms with van der Waals surface area (Å²) in [6.07, 6.45) is 2.81. The van der Waals surface area contributed by atoms with Gasteiger partial charge in [-0.1, -0.05) is 24.3 Å². The molecule has 0 spiro atoms. The minimum atomic E-state index is 0.0367. The van der Waals surface area contributed by atoms with Gasteiger partial charge in [-0.2, -0.15) is 0 Å². The number of aromatic nitrogens is 2. The Kier molecular flexibility index (Phi) is 4.87. The van der Waals surface area contributed by atoms with Crippen molar-refractivity contribution in [3.63, 3.8) is 0 Å². The summed E-state index contributed by atoms with van der Waals surface area (Å²) in [5.41, 5.74) is 3.51. The number of amides is 2. The molecular formula is C21H22N4O2. The lowest BCUT2D eigenvalue weighted by Crippen LogP contribution is -2.38. The lowest BCUT2D eigenvalue weighted by molar-refractivity contribution is -0.130. The van der Waals surface area contributed by atoms with E-state index in [-0.39, 0.29) is 11.8 Å². The van der Waals surface area contributed by atoms with Crippen LogP contribution >= 0.6 is 0 Å². The molecule has 3 aromatic rings. The van der Waals surface area contributed by atoms with Crippen molar-refractivity contribution in [1.82, 2.24) is 19.8 Å². The highest BCUT2D eigenvalue weighted by Gasteiger charge is 2.22. The molecule has 2 amide bonds. The molecule has 138 valence electrons. The van der Waals surface area contributed by atoms with Crippen LogP contribution in [0.15, 0.2) is 54.9 Å². The molecule has 6 heteroatoms. The number of fused-ring (bicyclic) bond motifs is 1. The number of benzene rings is 2. The zero-order valence-corrected chi connectivity index (χ0v) is 15.1. The average molecular weight is 362 g/mol. The Morgan fingerprint density at radius 3 is 2.59 bits per heavy atom. The van der Waals surface area contributed by atoms with E-state index < -0.39 is 0 Å². The second-order valence-corrected chi connectivity index (χ2v) is 6.82. The molecule has 2 aromatic carbocycles. The Balaban J connectivity index is 1.38. The van der Waals surface area contributed by atoms with Gasteiger partial charge in [0.2, 0.25) is 5.91 Å². The van der Waals surface area contributed by atoms with Crippen molar-refractivity contribution in [1.29, 1.82) is 0 Å². The van der Waals surface area contributed by atoms with Gasteiger partial charge in [-0.25, -0.2) is 4.98 Å². The van der Waals surface area contributed by atoms with Crippen LogP contribution in [0, 0.1) is 0 Å². The fraction of sp³-hybridized carbons (Fsp3) is 0.286. The molecular weight excluding hydrogens is 340 g/mol. The maximum absolute atomic E-state index is 12.7. The first-order valence-corrected chi connectivity index (χ1v) is 9.25. The van der Waals surface area contributed by atoms with E-state index in [2.05, 4.69) is 9.97 Å². The predicted octanol–water partition coefficient (Wildman–Crippen LogP) is 2.48. The summed E-state index contributed by atoms with van der Waals surface area (Å²) in [7, 11) is 0. The van der Waals surface area contributed by atoms with E-state index in [9.17, 15) is 9.59 Å². The van der Waals surface area contributed by atoms with Crippen molar-refractivity contribution in [2.24, 2.45) is 0 Å². The van der Waals surface area contributed by atoms with Crippen LogP contribution in [-0.2, 0) is 11.2 Å². The molecule has 1 N–H and O–H groups in total. The highest BCUT2D eigenvalue weighted by Crippen LogP contribution is 2.14. The summed E-state index contributed by atoms with van der Waals surface area (Å²) in [4.78, 5) is 36.4. The number of carbonyl (C=O) groups excluding carboxylic acids is 2. The number of rotatable bonds is 3. The van der Waals surface area contributed by atoms with Gasteiger partial charge >= 0.3 is 0 Å². The van der Waals surface area contributed by atoms with Gasteiger partial charge in [0.05, 0.1) is 23.8 Å². The van der Waals surface area contributed by atoms with Gasteiger partial charge in [-0.3, -0.25) is 9.59 Å². The molecule has 0 unspecified atom stereocenters. The Hall–Kier alpha value is -3.15. The molecule has 27 heavy (non-hydrogen) atoms. The van der Waals surface area contributed by atoms with Crippen LogP contribution in [0.5, 0.6) is 0 Å². The quantitative estimate of drug-likeness (QED) is 0.778. The summed E-state index contributed by atoms with van der Waals surface area (Å²) in [6.45, 7) is 2.50. The summed E-state index contributed by atoms with van der Waals surface area (Å²) in [5, 5.41) is 0. The number of imidazole rings is 1. The van der Waals surface area contributed by atoms with Crippen molar-refractivity contribution in [3.8, 4) is 0 Å². The average Bonchev–Trinajstić information content (AvgIpc) is 3.02. The Labute approximate surface area is 157 Å². The lowest BCUT2D eigenvalue weighted by Gasteiger charge is -2.22. The zero-order valence-electron chi connectivity index (χ0n) is 15.1. The highest BCUT2D eigenvalue weighted by molar-refractivity contribution is 5.94. The fourth-order valence-electron chi connectivity index (χ4n) is 3.51. The number of aromatic amines is 1. The van der Waals surface area contributed by atoms with Crippen molar-refractivity contribution in [3.05, 3.63) is 66.0 Å². The molecule has 0 atom stereocenters. The van der Waals surface area contributed by atoms with Crippen molar-refractivity contribution < 1.29 is 9.59 Å². The standard InChI is InChI=1S/C21H22N4O2/c26-20(14-16-7-8-18-19(13-16)23-15-22-18)24-9-4-10-25(12-11-24)21(27)17-5-2-1-3-6-17/h1-3,5-8,13,15H,4,9-12,14H2,(H,22,23). The Morgan fingerprint density at radius 2 is 1.74 bits per heavy atom. The zero-order chi connectivity index (χ0) is 18.6. The summed E-state index contributed by atoms with van der Waals surface area (Å²) in [5.74, 6) is 0.137. The van der Waals surface area contributed by atoms with Gasteiger partial charge in [0.15, 0.2) is 0 Å². The van der Waals surface area contributed by atoms with Gasteiger partial charge in [0.1, 0.15) is 0 Å². The normalized spacial score (nSPS) is 15.0. The van der Waals surface area contributed by atoms with Crippen molar-refractivity contribution in [2.45, 2.75) is 12.8 Å². The largest absolute Gasteiger partial charge is 0.345 e. The third-order valence-electron chi connectivity index (χ3n) is 5.00. The fourth-order valence-corrected chi connectivity index (χ4v) is 3.51. The van der Waals surface area contributed by atoms with Crippen LogP contribution < -0.4 is 0 Å². The monoisotopic (exact) mass is 362 g/mol. The highest BCUT2D eigenvalue weighted by atomic mass is 16.2. The minimum absolute atomic E-state index is 0.0367. The molecule has 2 heterocycles. The number of nitrogens with zero attached hydrogens (tertiary/aromatic N) is 3. The van der Waals surface area contributed by atoms with Gasteiger partial charge < -0.3 is 14.8 Å². The smallest absolute Gasteiger partial charge is 0.253 e. The third kappa shape index (κ3) is 3.84. The topological polar surface area (TPSA) is 69.3 Å². The number of hydrogen-bond acceptors (Lipinski definition) is 3. The predicted molar refractivity (Wildman–Crippen MR) is 103 cm³/mol. The van der Waals surface area contributed by atoms with E-state index in [0.29, 0.717) is 38.2 Å². The number of carbonyl (C=O) groups is 2. The van der Waals surface area contributed by atoms with Crippen LogP contribution in [0.1, 0.15) is 22.3 Å². The molecule has 0 aliphatic carbocycles. The van der Waals surface area contributed by atoms with Crippen LogP contribution in [0.25, 0.3) is 11.0 Å². The molecule has 1 aliphatic rings. The summed E-state index contributed by atoms with van der Waals surface area (Å²) >= 11 is 0. The van der Waals surface area contributed by atoms with E-state index in [4.69, 9.17) is 0 Å². The third-order valence-corrected chi connectivity index (χ3v) is 5.00. The van der Waals surface area contributed by atoms with Gasteiger partial charge in [-0.05, 0) is 36.2 Å². The van der Waals surface area contributed by atoms with Crippen LogP contribution in [-0.4, -0.2) is 57.8 Å². The van der Waals surface area contributed by atoms with Crippen LogP contribution in [0.4, 0.5) is 0 Å². The molecule has 0 radical (unpaired) electrons. The second kappa shape index (κ2) is 7.61. The van der Waals surface area contributed by atoms with Crippen molar-refractivity contribution in [2.75, 3.05) is 26.2 Å². The second-order valence-electron chi connectivity index (χ2n) is 6.82. The van der Waals surface area contributed by atoms with E-state index in [1.165, 1.54) is 0 Å². The maximum atomic E-state index is 12.7. The number of hydrogen-bond donors (Lipinski definition) is 1. The lowest BCUT2D eigenvalue weighted by atomic mass is 10.1. The first-order valence-electron chi connectivity index (χ1n) is 9.25. The molecule has 1 aliphatic heterocycles. The van der Waals surface area contributed by atoms with E-state index in [1.54, 1.807) is 6.33 Å². The molecule has 1 aromatic heterocycles. The molecule has 0 saturated carbocycles. The molecule has 1 saturated heterocycles. The van der Waals surface area contributed by atoms with Crippen LogP contribution in [0.2, 0.25) is 0 Å². The molecule has 4 rings (SSSR count). The van der Waals surface area contributed by atoms with Crippen molar-refractivity contribution >= 4 is 22.8 Å². The number of H-pyrrole nitrogens is 1. The number of nitrogens with one attached hydrogen (secondary N) is 1. The maximum Gasteiger partial charge on any atom is 0.253 e. The van der Waals surface area contributed by atoms with Gasteiger partial charge in [0.25, 0.3) is 5.91 Å². The first-order chi connectivity index (χ1) is 13.2. The van der Waals surface area contributed by atoms with Crippen LogP contribution in [0.3, 0.4) is 0 Å². The van der Waals surface area contributed by atoms with E-state index >= 15 is 0 Å².